The molecule has 0 aliphatic carbocycles. The van der Waals surface area contributed by atoms with Crippen LogP contribution in [0.2, 0.25) is 0 Å². The van der Waals surface area contributed by atoms with Gasteiger partial charge >= 0.3 is 0 Å². The molecule has 78 valence electrons. The van der Waals surface area contributed by atoms with Gasteiger partial charge in [0.1, 0.15) is 0 Å². The normalized spacial score (nSPS) is 35.9. The fourth-order valence-corrected chi connectivity index (χ4v) is 3.47. The molecule has 2 fully saturated rings. The Bertz CT molecular complexity index is 208. The van der Waals surface area contributed by atoms with Crippen molar-refractivity contribution >= 4 is 15.0 Å². The molecule has 0 aromatic heterocycles. The van der Waals surface area contributed by atoms with Crippen LogP contribution in [0.25, 0.3) is 0 Å². The largest absolute Gasteiger partial charge is 0.379 e. The summed E-state index contributed by atoms with van der Waals surface area (Å²) < 4.78 is 5.66. The molecular formula is C10H21B2NO. The molecule has 0 aromatic carbocycles. The summed E-state index contributed by atoms with van der Waals surface area (Å²) in [4.78, 5) is 2.63. The van der Waals surface area contributed by atoms with Gasteiger partial charge in [0.2, 0.25) is 0 Å². The maximum Gasteiger partial charge on any atom is 0.161 e. The standard InChI is InChI=1S/C10H21B2NO/c1-3-10(4-2)7-13(12-11)9-6-14-5-8(9)10/h8-9,12H,3-7,11H2,1-2H3. The number of rotatable bonds is 3. The zero-order valence-corrected chi connectivity index (χ0v) is 9.75. The number of ether oxygens (including phenoxy) is 1. The fraction of sp³-hybridized carbons (Fsp3) is 1.00. The van der Waals surface area contributed by atoms with Gasteiger partial charge in [-0.05, 0) is 24.8 Å². The predicted octanol–water partition coefficient (Wildman–Crippen LogP) is 0.0230. The Morgan fingerprint density at radius 2 is 2.14 bits per heavy atom. The lowest BCUT2D eigenvalue weighted by molar-refractivity contribution is 0.116. The van der Waals surface area contributed by atoms with Crippen molar-refractivity contribution in [1.29, 1.82) is 0 Å². The molecule has 2 rings (SSSR count). The molecule has 2 nitrogen and oxygen atoms in total. The van der Waals surface area contributed by atoms with E-state index in [0.717, 1.165) is 25.2 Å². The average Bonchev–Trinajstić information content (AvgIpc) is 2.78. The highest BCUT2D eigenvalue weighted by Crippen LogP contribution is 2.47. The van der Waals surface area contributed by atoms with E-state index < -0.39 is 0 Å². The molecule has 2 heterocycles. The van der Waals surface area contributed by atoms with Crippen LogP contribution in [0.1, 0.15) is 26.7 Å². The molecular weight excluding hydrogens is 172 g/mol. The summed E-state index contributed by atoms with van der Waals surface area (Å²) in [5.74, 6) is 0.803. The van der Waals surface area contributed by atoms with Crippen LogP contribution >= 0.6 is 0 Å². The molecule has 0 radical (unpaired) electrons. The molecule has 0 bridgehead atoms. The molecule has 2 aliphatic heterocycles. The first-order chi connectivity index (χ1) is 6.77. The highest BCUT2D eigenvalue weighted by Gasteiger charge is 2.51. The van der Waals surface area contributed by atoms with Crippen LogP contribution in [-0.4, -0.2) is 45.7 Å². The van der Waals surface area contributed by atoms with E-state index in [1.165, 1.54) is 26.7 Å². The third kappa shape index (κ3) is 1.35. The maximum atomic E-state index is 5.66. The highest BCUT2D eigenvalue weighted by molar-refractivity contribution is 6.87. The predicted molar refractivity (Wildman–Crippen MR) is 63.5 cm³/mol. The second-order valence-electron chi connectivity index (χ2n) is 4.84. The molecule has 0 aromatic rings. The first-order valence-electron chi connectivity index (χ1n) is 6.09. The van der Waals surface area contributed by atoms with Gasteiger partial charge in [0, 0.05) is 12.0 Å². The van der Waals surface area contributed by atoms with Crippen LogP contribution in [0.5, 0.6) is 0 Å². The number of nitrogens with zero attached hydrogens (tertiary/aromatic N) is 1. The van der Waals surface area contributed by atoms with Crippen molar-refractivity contribution in [2.45, 2.75) is 32.7 Å². The average molecular weight is 193 g/mol. The van der Waals surface area contributed by atoms with Crippen LogP contribution in [0.3, 0.4) is 0 Å². The summed E-state index contributed by atoms with van der Waals surface area (Å²) in [7, 11) is 3.46. The summed E-state index contributed by atoms with van der Waals surface area (Å²) in [5, 5.41) is 0. The van der Waals surface area contributed by atoms with Gasteiger partial charge in [-0.1, -0.05) is 13.8 Å². The van der Waals surface area contributed by atoms with E-state index in [1.807, 2.05) is 0 Å². The van der Waals surface area contributed by atoms with Crippen LogP contribution in [0.15, 0.2) is 0 Å². The molecule has 0 amide bonds. The minimum Gasteiger partial charge on any atom is -0.379 e. The first-order valence-corrected chi connectivity index (χ1v) is 6.09. The summed E-state index contributed by atoms with van der Waals surface area (Å²) in [5.41, 5.74) is 0.553. The lowest BCUT2D eigenvalue weighted by atomic mass is 9.64. The Hall–Kier alpha value is 0.0499. The van der Waals surface area contributed by atoms with Gasteiger partial charge in [-0.2, -0.15) is 0 Å². The van der Waals surface area contributed by atoms with Crippen molar-refractivity contribution in [2.24, 2.45) is 11.3 Å². The van der Waals surface area contributed by atoms with E-state index in [0.29, 0.717) is 5.41 Å². The van der Waals surface area contributed by atoms with Gasteiger partial charge in [-0.15, -0.1) is 0 Å². The number of fused-ring (bicyclic) bond motifs is 1. The zero-order valence-electron chi connectivity index (χ0n) is 9.75. The SMILES string of the molecule is BBN1CC(CC)(CC)C2COCC21. The maximum absolute atomic E-state index is 5.66. The van der Waals surface area contributed by atoms with Crippen molar-refractivity contribution < 1.29 is 4.74 Å². The lowest BCUT2D eigenvalue weighted by Crippen LogP contribution is -2.36. The molecule has 0 spiro atoms. The van der Waals surface area contributed by atoms with E-state index in [9.17, 15) is 0 Å². The summed E-state index contributed by atoms with van der Waals surface area (Å²) in [6, 6.07) is 0.722. The molecule has 14 heavy (non-hydrogen) atoms. The van der Waals surface area contributed by atoms with Crippen LogP contribution < -0.4 is 0 Å². The Morgan fingerprint density at radius 3 is 2.71 bits per heavy atom. The second kappa shape index (κ2) is 3.90. The quantitative estimate of drug-likeness (QED) is 0.586. The summed E-state index contributed by atoms with van der Waals surface area (Å²) in [6.45, 7) is 7.97. The van der Waals surface area contributed by atoms with Crippen molar-refractivity contribution in [2.75, 3.05) is 19.8 Å². The Balaban J connectivity index is 2.20. The third-order valence-electron chi connectivity index (χ3n) is 4.64. The number of hydrogen-bond acceptors (Lipinski definition) is 2. The topological polar surface area (TPSA) is 12.5 Å². The van der Waals surface area contributed by atoms with E-state index in [2.05, 4.69) is 26.4 Å². The van der Waals surface area contributed by atoms with Crippen molar-refractivity contribution in [1.82, 2.24) is 4.81 Å². The van der Waals surface area contributed by atoms with E-state index >= 15 is 0 Å². The zero-order chi connectivity index (χ0) is 10.2. The van der Waals surface area contributed by atoms with Crippen LogP contribution in [0, 0.1) is 11.3 Å². The Labute approximate surface area is 89.0 Å². The van der Waals surface area contributed by atoms with E-state index in [1.54, 1.807) is 0 Å². The highest BCUT2D eigenvalue weighted by atomic mass is 16.5. The van der Waals surface area contributed by atoms with Gasteiger partial charge in [-0.3, -0.25) is 0 Å². The van der Waals surface area contributed by atoms with Crippen molar-refractivity contribution in [3.8, 4) is 0 Å². The van der Waals surface area contributed by atoms with Gasteiger partial charge < -0.3 is 9.55 Å². The van der Waals surface area contributed by atoms with Crippen LogP contribution in [-0.2, 0) is 4.74 Å². The molecule has 2 atom stereocenters. The molecule has 4 heteroatoms. The van der Waals surface area contributed by atoms with Gasteiger partial charge in [0.25, 0.3) is 0 Å². The molecule has 2 unspecified atom stereocenters. The minimum atomic E-state index is 0.553. The Morgan fingerprint density at radius 1 is 1.43 bits per heavy atom. The van der Waals surface area contributed by atoms with Gasteiger partial charge in [-0.25, -0.2) is 0 Å². The lowest BCUT2D eigenvalue weighted by Gasteiger charge is -2.31. The monoisotopic (exact) mass is 193 g/mol. The van der Waals surface area contributed by atoms with E-state index in [4.69, 9.17) is 4.74 Å². The summed E-state index contributed by atoms with van der Waals surface area (Å²) >= 11 is 0. The smallest absolute Gasteiger partial charge is 0.161 e. The Kier molecular flexibility index (Phi) is 2.94. The molecule has 2 saturated heterocycles. The fourth-order valence-electron chi connectivity index (χ4n) is 3.47. The molecule has 0 N–H and O–H groups in total. The van der Waals surface area contributed by atoms with E-state index in [-0.39, 0.29) is 0 Å². The van der Waals surface area contributed by atoms with Crippen molar-refractivity contribution in [3.63, 3.8) is 0 Å². The first kappa shape index (κ1) is 10.6. The van der Waals surface area contributed by atoms with Crippen LogP contribution in [0.4, 0.5) is 0 Å². The minimum absolute atomic E-state index is 0.553. The van der Waals surface area contributed by atoms with Gasteiger partial charge in [0.15, 0.2) is 7.31 Å². The molecule has 0 saturated carbocycles. The van der Waals surface area contributed by atoms with Crippen molar-refractivity contribution in [3.05, 3.63) is 0 Å². The number of hydrogen-bond donors (Lipinski definition) is 0. The van der Waals surface area contributed by atoms with Gasteiger partial charge in [0.05, 0.1) is 21.0 Å². The summed E-state index contributed by atoms with van der Waals surface area (Å²) in [6.07, 6.45) is 2.62. The third-order valence-corrected chi connectivity index (χ3v) is 4.64. The molecule has 2 aliphatic rings. The second-order valence-corrected chi connectivity index (χ2v) is 4.84.